The third-order valence-electron chi connectivity index (χ3n) is 3.09. The standard InChI is InChI=1S/C14H26N2O4.CO2/c1-2-11(17)7-3-4-9-13(18)16-10-6-5-8-12(15)14(19)20;2-1-3/h12H,2-10,15H2,1H3,(H,16,18)(H,19,20);. The number of carbonyl (C=O) groups excluding carboxylic acids is 4. The van der Waals surface area contributed by atoms with E-state index >= 15 is 0 Å². The molecule has 0 bridgehead atoms. The van der Waals surface area contributed by atoms with Gasteiger partial charge in [0.05, 0.1) is 0 Å². The maximum absolute atomic E-state index is 11.4. The zero-order valence-corrected chi connectivity index (χ0v) is 13.5. The SMILES string of the molecule is CCC(=O)CCCCC(=O)NCCCCC(N)C(=O)O.O=C=O. The van der Waals surface area contributed by atoms with Gasteiger partial charge in [-0.15, -0.1) is 0 Å². The van der Waals surface area contributed by atoms with Gasteiger partial charge >= 0.3 is 12.1 Å². The Labute approximate surface area is 135 Å². The molecule has 4 N–H and O–H groups in total. The Morgan fingerprint density at radius 1 is 1.09 bits per heavy atom. The van der Waals surface area contributed by atoms with E-state index in [1.54, 1.807) is 0 Å². The van der Waals surface area contributed by atoms with E-state index in [2.05, 4.69) is 5.32 Å². The van der Waals surface area contributed by atoms with Crippen LogP contribution in [0.2, 0.25) is 0 Å². The minimum absolute atomic E-state index is 0.0171. The highest BCUT2D eigenvalue weighted by Crippen LogP contribution is 2.03. The summed E-state index contributed by atoms with van der Waals surface area (Å²) in [5.41, 5.74) is 5.36. The second kappa shape index (κ2) is 16.3. The molecule has 0 aromatic rings. The Kier molecular flexibility index (Phi) is 16.5. The fourth-order valence-electron chi connectivity index (χ4n) is 1.71. The van der Waals surface area contributed by atoms with Crippen LogP contribution in [-0.2, 0) is 24.0 Å². The first-order valence-electron chi connectivity index (χ1n) is 7.65. The third kappa shape index (κ3) is 17.9. The van der Waals surface area contributed by atoms with Crippen LogP contribution in [0.5, 0.6) is 0 Å². The molecule has 23 heavy (non-hydrogen) atoms. The molecule has 0 aliphatic heterocycles. The van der Waals surface area contributed by atoms with Crippen molar-refractivity contribution in [2.45, 2.75) is 64.3 Å². The maximum atomic E-state index is 11.4. The molecule has 1 unspecified atom stereocenters. The molecule has 0 rings (SSSR count). The van der Waals surface area contributed by atoms with Crippen LogP contribution >= 0.6 is 0 Å². The number of nitrogens with two attached hydrogens (primary N) is 1. The van der Waals surface area contributed by atoms with Crippen molar-refractivity contribution in [3.8, 4) is 0 Å². The second-order valence-corrected chi connectivity index (χ2v) is 4.97. The van der Waals surface area contributed by atoms with Crippen LogP contribution in [0.25, 0.3) is 0 Å². The van der Waals surface area contributed by atoms with E-state index in [1.165, 1.54) is 0 Å². The first-order valence-corrected chi connectivity index (χ1v) is 7.65. The first-order chi connectivity index (χ1) is 10.9. The monoisotopic (exact) mass is 330 g/mol. The minimum Gasteiger partial charge on any atom is -0.480 e. The number of nitrogens with one attached hydrogen (secondary N) is 1. The number of amides is 1. The maximum Gasteiger partial charge on any atom is 0.373 e. The molecule has 1 atom stereocenters. The van der Waals surface area contributed by atoms with Gasteiger partial charge in [0, 0.05) is 25.8 Å². The van der Waals surface area contributed by atoms with Gasteiger partial charge in [0.25, 0.3) is 0 Å². The predicted molar refractivity (Wildman–Crippen MR) is 81.2 cm³/mol. The fourth-order valence-corrected chi connectivity index (χ4v) is 1.71. The fraction of sp³-hybridized carbons (Fsp3) is 0.733. The quantitative estimate of drug-likeness (QED) is 0.445. The number of aliphatic carboxylic acids is 1. The van der Waals surface area contributed by atoms with Gasteiger partial charge in [-0.05, 0) is 32.1 Å². The van der Waals surface area contributed by atoms with Gasteiger partial charge in [0.1, 0.15) is 11.8 Å². The van der Waals surface area contributed by atoms with Gasteiger partial charge < -0.3 is 16.2 Å². The lowest BCUT2D eigenvalue weighted by molar-refractivity contribution is -0.191. The van der Waals surface area contributed by atoms with Gasteiger partial charge in [-0.1, -0.05) is 6.92 Å². The van der Waals surface area contributed by atoms with Gasteiger partial charge in [-0.3, -0.25) is 14.4 Å². The summed E-state index contributed by atoms with van der Waals surface area (Å²) in [7, 11) is 0. The highest BCUT2D eigenvalue weighted by Gasteiger charge is 2.10. The van der Waals surface area contributed by atoms with Gasteiger partial charge in [0.2, 0.25) is 5.91 Å². The van der Waals surface area contributed by atoms with E-state index in [4.69, 9.17) is 20.4 Å². The average molecular weight is 330 g/mol. The zero-order chi connectivity index (χ0) is 18.1. The summed E-state index contributed by atoms with van der Waals surface area (Å²) < 4.78 is 0. The number of carboxylic acids is 1. The molecule has 0 saturated carbocycles. The van der Waals surface area contributed by atoms with E-state index in [0.717, 1.165) is 19.3 Å². The van der Waals surface area contributed by atoms with Crippen molar-refractivity contribution in [2.24, 2.45) is 5.73 Å². The Bertz CT molecular complexity index is 391. The number of carbonyl (C=O) groups is 3. The number of unbranched alkanes of at least 4 members (excludes halogenated alkanes) is 2. The summed E-state index contributed by atoms with van der Waals surface area (Å²) in [5, 5.41) is 11.4. The number of carboxylic acid groups (broad SMARTS) is 1. The van der Waals surface area contributed by atoms with Crippen molar-refractivity contribution in [2.75, 3.05) is 6.54 Å². The molecule has 0 fully saturated rings. The number of hydrogen-bond acceptors (Lipinski definition) is 6. The second-order valence-electron chi connectivity index (χ2n) is 4.97. The van der Waals surface area contributed by atoms with Crippen LogP contribution in [0.3, 0.4) is 0 Å². The van der Waals surface area contributed by atoms with Crippen molar-refractivity contribution in [1.29, 1.82) is 0 Å². The average Bonchev–Trinajstić information content (AvgIpc) is 2.51. The van der Waals surface area contributed by atoms with Crippen LogP contribution in [0.1, 0.15) is 58.3 Å². The molecule has 8 heteroatoms. The topological polar surface area (TPSA) is 144 Å². The van der Waals surface area contributed by atoms with Gasteiger partial charge in [-0.25, -0.2) is 0 Å². The lowest BCUT2D eigenvalue weighted by atomic mass is 10.1. The molecule has 0 saturated heterocycles. The number of hydrogen-bond donors (Lipinski definition) is 3. The third-order valence-corrected chi connectivity index (χ3v) is 3.09. The first kappa shape index (κ1) is 23.2. The molecular weight excluding hydrogens is 304 g/mol. The molecule has 0 aliphatic carbocycles. The lowest BCUT2D eigenvalue weighted by Gasteiger charge is -2.07. The van der Waals surface area contributed by atoms with Crippen LogP contribution < -0.4 is 11.1 Å². The smallest absolute Gasteiger partial charge is 0.373 e. The van der Waals surface area contributed by atoms with Crippen LogP contribution in [0.15, 0.2) is 0 Å². The molecule has 0 aromatic carbocycles. The predicted octanol–water partition coefficient (Wildman–Crippen LogP) is 0.641. The van der Waals surface area contributed by atoms with E-state index in [-0.39, 0.29) is 17.8 Å². The van der Waals surface area contributed by atoms with Gasteiger partial charge in [0.15, 0.2) is 0 Å². The summed E-state index contributed by atoms with van der Waals surface area (Å²) >= 11 is 0. The minimum atomic E-state index is -0.990. The molecule has 0 aliphatic rings. The summed E-state index contributed by atoms with van der Waals surface area (Å²) in [6.07, 6.45) is 5.10. The van der Waals surface area contributed by atoms with Crippen LogP contribution in [0, 0.1) is 0 Å². The normalized spacial score (nSPS) is 10.7. The van der Waals surface area contributed by atoms with Crippen molar-refractivity contribution < 1.29 is 29.1 Å². The molecule has 0 radical (unpaired) electrons. The highest BCUT2D eigenvalue weighted by atomic mass is 16.4. The molecule has 0 aromatic heterocycles. The Balaban J connectivity index is 0. The van der Waals surface area contributed by atoms with Crippen LogP contribution in [0.4, 0.5) is 0 Å². The Morgan fingerprint density at radius 3 is 2.17 bits per heavy atom. The number of ketones is 1. The summed E-state index contributed by atoms with van der Waals surface area (Å²) in [4.78, 5) is 49.2. The largest absolute Gasteiger partial charge is 0.480 e. The number of rotatable bonds is 12. The molecular formula is C15H26N2O6. The van der Waals surface area contributed by atoms with E-state index in [9.17, 15) is 14.4 Å². The zero-order valence-electron chi connectivity index (χ0n) is 13.5. The van der Waals surface area contributed by atoms with E-state index in [0.29, 0.717) is 38.6 Å². The van der Waals surface area contributed by atoms with Crippen molar-refractivity contribution in [3.63, 3.8) is 0 Å². The lowest BCUT2D eigenvalue weighted by Crippen LogP contribution is -2.30. The highest BCUT2D eigenvalue weighted by molar-refractivity contribution is 5.78. The molecule has 8 nitrogen and oxygen atoms in total. The summed E-state index contributed by atoms with van der Waals surface area (Å²) in [5.74, 6) is -0.771. The van der Waals surface area contributed by atoms with Gasteiger partial charge in [-0.2, -0.15) is 9.59 Å². The Hall–Kier alpha value is -2.05. The molecule has 0 heterocycles. The summed E-state index contributed by atoms with van der Waals surface area (Å²) in [6.45, 7) is 2.38. The van der Waals surface area contributed by atoms with Crippen molar-refractivity contribution >= 4 is 23.8 Å². The number of Topliss-reactive ketones (excluding diaryl/α,β-unsaturated/α-hetero) is 1. The molecule has 1 amide bonds. The van der Waals surface area contributed by atoms with Crippen LogP contribution in [-0.4, -0.2) is 41.5 Å². The summed E-state index contributed by atoms with van der Waals surface area (Å²) in [6, 6.07) is -0.818. The van der Waals surface area contributed by atoms with Crippen molar-refractivity contribution in [1.82, 2.24) is 5.32 Å². The molecule has 132 valence electrons. The van der Waals surface area contributed by atoms with E-state index < -0.39 is 12.0 Å². The Morgan fingerprint density at radius 2 is 1.65 bits per heavy atom. The van der Waals surface area contributed by atoms with E-state index in [1.807, 2.05) is 6.92 Å². The molecule has 0 spiro atoms. The van der Waals surface area contributed by atoms with Crippen molar-refractivity contribution in [3.05, 3.63) is 0 Å².